The number of aryl methyl sites for hydroxylation is 1. The molecule has 35 heavy (non-hydrogen) atoms. The fraction of sp³-hybridized carbons (Fsp3) is 0.308. The number of aromatic nitrogens is 2. The van der Waals surface area contributed by atoms with Crippen molar-refractivity contribution >= 4 is 23.4 Å². The second-order valence-corrected chi connectivity index (χ2v) is 9.09. The molecule has 2 amide bonds. The minimum absolute atomic E-state index is 0.0538. The summed E-state index contributed by atoms with van der Waals surface area (Å²) >= 11 is 0. The van der Waals surface area contributed by atoms with Gasteiger partial charge in [-0.15, -0.1) is 0 Å². The smallest absolute Gasteiger partial charge is 0.251 e. The fourth-order valence-electron chi connectivity index (χ4n) is 3.64. The molecule has 0 radical (unpaired) electrons. The first-order valence-electron chi connectivity index (χ1n) is 11.6. The van der Waals surface area contributed by atoms with Crippen LogP contribution >= 0.6 is 0 Å². The summed E-state index contributed by atoms with van der Waals surface area (Å²) in [6.45, 7) is 3.11. The monoisotopic (exact) mass is 474 g/mol. The number of imidazole rings is 1. The average Bonchev–Trinajstić information content (AvgIpc) is 3.57. The summed E-state index contributed by atoms with van der Waals surface area (Å²) in [5.41, 5.74) is 9.04. The second-order valence-electron chi connectivity index (χ2n) is 9.09. The number of nitrogens with two attached hydrogens (primary N) is 1. The summed E-state index contributed by atoms with van der Waals surface area (Å²) in [5.74, 6) is -0.300. The number of aromatic amines is 1. The zero-order valence-electron chi connectivity index (χ0n) is 20.1. The van der Waals surface area contributed by atoms with Gasteiger partial charge in [0.25, 0.3) is 11.8 Å². The first kappa shape index (κ1) is 24.2. The summed E-state index contributed by atoms with van der Waals surface area (Å²) < 4.78 is 0. The minimum Gasteiger partial charge on any atom is -0.382 e. The van der Waals surface area contributed by atoms with Crippen LogP contribution < -0.4 is 16.4 Å². The highest BCUT2D eigenvalue weighted by atomic mass is 16.2. The molecule has 2 aromatic carbocycles. The Morgan fingerprint density at radius 2 is 1.77 bits per heavy atom. The number of amides is 2. The molecule has 4 rings (SSSR count). The quantitative estimate of drug-likeness (QED) is 0.352. The van der Waals surface area contributed by atoms with Gasteiger partial charge in [0.15, 0.2) is 5.82 Å². The molecule has 5 N–H and O–H groups in total. The lowest BCUT2D eigenvalue weighted by Crippen LogP contribution is -2.31. The zero-order chi connectivity index (χ0) is 25.1. The van der Waals surface area contributed by atoms with Gasteiger partial charge in [-0.3, -0.25) is 14.4 Å². The van der Waals surface area contributed by atoms with Crippen LogP contribution in [0, 0.1) is 6.92 Å². The lowest BCUT2D eigenvalue weighted by molar-refractivity contribution is 0.0942. The van der Waals surface area contributed by atoms with E-state index in [0.29, 0.717) is 41.2 Å². The summed E-state index contributed by atoms with van der Waals surface area (Å²) in [5, 5.41) is 5.81. The van der Waals surface area contributed by atoms with E-state index in [1.54, 1.807) is 36.4 Å². The van der Waals surface area contributed by atoms with Crippen LogP contribution in [0.25, 0.3) is 11.4 Å². The number of hydrogen-bond donors (Lipinski definition) is 4. The second kappa shape index (κ2) is 10.1. The molecular formula is C26H30N6O3. The summed E-state index contributed by atoms with van der Waals surface area (Å²) in [6, 6.07) is 12.1. The van der Waals surface area contributed by atoms with Gasteiger partial charge in [-0.2, -0.15) is 0 Å². The number of hydrogen-bond acceptors (Lipinski definition) is 6. The number of carbonyl (C=O) groups is 3. The normalized spacial score (nSPS) is 13.0. The van der Waals surface area contributed by atoms with Gasteiger partial charge in [-0.25, -0.2) is 4.98 Å². The van der Waals surface area contributed by atoms with Crippen LogP contribution in [0.5, 0.6) is 0 Å². The van der Waals surface area contributed by atoms with Crippen molar-refractivity contribution in [3.63, 3.8) is 0 Å². The van der Waals surface area contributed by atoms with Crippen molar-refractivity contribution in [2.75, 3.05) is 32.9 Å². The number of nitrogens with one attached hydrogen (secondary N) is 3. The van der Waals surface area contributed by atoms with E-state index in [-0.39, 0.29) is 35.2 Å². The van der Waals surface area contributed by atoms with E-state index < -0.39 is 0 Å². The standard InChI is InChI=1S/C26H30N6O3/c1-15-7-8-18(26(35)29-19-9-10-19)14-20(15)24-30-21(23(27)31-24)22(33)16-5-4-6-17(13-16)25(34)28-11-12-32(2)3/h4-8,13-14,19H,9-12,27H2,1-3H3,(H,28,34)(H,29,35)(H,30,31). The fourth-order valence-corrected chi connectivity index (χ4v) is 3.64. The van der Waals surface area contributed by atoms with Gasteiger partial charge in [-0.05, 0) is 63.7 Å². The van der Waals surface area contributed by atoms with Gasteiger partial charge in [0.05, 0.1) is 0 Å². The third-order valence-electron chi connectivity index (χ3n) is 5.86. The Balaban J connectivity index is 1.55. The zero-order valence-corrected chi connectivity index (χ0v) is 20.1. The number of benzene rings is 2. The highest BCUT2D eigenvalue weighted by Gasteiger charge is 2.25. The van der Waals surface area contributed by atoms with Crippen LogP contribution in [0.2, 0.25) is 0 Å². The molecule has 3 aromatic rings. The van der Waals surface area contributed by atoms with Crippen LogP contribution in [0.1, 0.15) is 55.2 Å². The lowest BCUT2D eigenvalue weighted by atomic mass is 10.0. The number of H-pyrrole nitrogens is 1. The third kappa shape index (κ3) is 5.75. The van der Waals surface area contributed by atoms with Crippen molar-refractivity contribution in [2.24, 2.45) is 0 Å². The summed E-state index contributed by atoms with van der Waals surface area (Å²) in [7, 11) is 3.85. The number of ketones is 1. The number of likely N-dealkylation sites (N-methyl/N-ethyl adjacent to an activating group) is 1. The number of carbonyl (C=O) groups excluding carboxylic acids is 3. The molecule has 0 aliphatic heterocycles. The molecule has 1 aliphatic carbocycles. The Kier molecular flexibility index (Phi) is 6.97. The molecule has 1 saturated carbocycles. The molecule has 182 valence electrons. The van der Waals surface area contributed by atoms with E-state index in [1.807, 2.05) is 32.0 Å². The number of nitrogens with zero attached hydrogens (tertiary/aromatic N) is 2. The molecule has 9 heteroatoms. The number of rotatable bonds is 9. The summed E-state index contributed by atoms with van der Waals surface area (Å²) in [6.07, 6.45) is 2.01. The first-order valence-corrected chi connectivity index (χ1v) is 11.6. The molecular weight excluding hydrogens is 444 g/mol. The Morgan fingerprint density at radius 1 is 1.06 bits per heavy atom. The van der Waals surface area contributed by atoms with Crippen molar-refractivity contribution in [3.05, 3.63) is 70.4 Å². The average molecular weight is 475 g/mol. The van der Waals surface area contributed by atoms with Crippen LogP contribution in [-0.4, -0.2) is 65.7 Å². The first-order chi connectivity index (χ1) is 16.7. The van der Waals surface area contributed by atoms with Crippen LogP contribution in [0.3, 0.4) is 0 Å². The van der Waals surface area contributed by atoms with E-state index in [4.69, 9.17) is 5.73 Å². The van der Waals surface area contributed by atoms with Gasteiger partial charge < -0.3 is 26.3 Å². The van der Waals surface area contributed by atoms with E-state index in [2.05, 4.69) is 20.6 Å². The van der Waals surface area contributed by atoms with E-state index >= 15 is 0 Å². The van der Waals surface area contributed by atoms with Crippen molar-refractivity contribution in [1.82, 2.24) is 25.5 Å². The summed E-state index contributed by atoms with van der Waals surface area (Å²) in [4.78, 5) is 47.5. The lowest BCUT2D eigenvalue weighted by Gasteiger charge is -2.10. The Morgan fingerprint density at radius 3 is 2.49 bits per heavy atom. The van der Waals surface area contributed by atoms with Gasteiger partial charge in [0.1, 0.15) is 11.5 Å². The van der Waals surface area contributed by atoms with Crippen molar-refractivity contribution < 1.29 is 14.4 Å². The third-order valence-corrected chi connectivity index (χ3v) is 5.86. The van der Waals surface area contributed by atoms with Crippen molar-refractivity contribution in [3.8, 4) is 11.4 Å². The predicted octanol–water partition coefficient (Wildman–Crippen LogP) is 2.38. The topological polar surface area (TPSA) is 133 Å². The number of nitrogen functional groups attached to an aromatic ring is 1. The number of anilines is 1. The molecule has 0 bridgehead atoms. The SMILES string of the molecule is Cc1ccc(C(=O)NC2CC2)cc1-c1nc(N)c(C(=O)c2cccc(C(=O)NCCN(C)C)c2)[nH]1. The van der Waals surface area contributed by atoms with Crippen LogP contribution in [-0.2, 0) is 0 Å². The molecule has 9 nitrogen and oxygen atoms in total. The molecule has 0 spiro atoms. The Bertz CT molecular complexity index is 1280. The maximum Gasteiger partial charge on any atom is 0.251 e. The minimum atomic E-state index is -0.371. The van der Waals surface area contributed by atoms with Crippen LogP contribution in [0.15, 0.2) is 42.5 Å². The van der Waals surface area contributed by atoms with E-state index in [9.17, 15) is 14.4 Å². The molecule has 1 heterocycles. The van der Waals surface area contributed by atoms with Gasteiger partial charge in [0.2, 0.25) is 5.78 Å². The Hall–Kier alpha value is -3.98. The maximum atomic E-state index is 13.2. The van der Waals surface area contributed by atoms with Crippen LogP contribution in [0.4, 0.5) is 5.82 Å². The largest absolute Gasteiger partial charge is 0.382 e. The molecule has 0 atom stereocenters. The highest BCUT2D eigenvalue weighted by Crippen LogP contribution is 2.26. The van der Waals surface area contributed by atoms with Gasteiger partial charge >= 0.3 is 0 Å². The van der Waals surface area contributed by atoms with E-state index in [0.717, 1.165) is 18.4 Å². The highest BCUT2D eigenvalue weighted by molar-refractivity contribution is 6.11. The maximum absolute atomic E-state index is 13.2. The molecule has 0 unspecified atom stereocenters. The molecule has 0 saturated heterocycles. The van der Waals surface area contributed by atoms with Gasteiger partial charge in [0, 0.05) is 41.4 Å². The predicted molar refractivity (Wildman–Crippen MR) is 134 cm³/mol. The molecule has 1 aliphatic rings. The van der Waals surface area contributed by atoms with Crippen molar-refractivity contribution in [2.45, 2.75) is 25.8 Å². The van der Waals surface area contributed by atoms with Gasteiger partial charge in [-0.1, -0.05) is 18.2 Å². The Labute approximate surface area is 204 Å². The molecule has 1 aromatic heterocycles. The molecule has 1 fully saturated rings. The van der Waals surface area contributed by atoms with E-state index in [1.165, 1.54) is 0 Å². The van der Waals surface area contributed by atoms with Crippen molar-refractivity contribution in [1.29, 1.82) is 0 Å².